The van der Waals surface area contributed by atoms with Gasteiger partial charge in [-0.25, -0.2) is 8.42 Å². The summed E-state index contributed by atoms with van der Waals surface area (Å²) in [6, 6.07) is 21.1. The molecule has 0 spiro atoms. The topological polar surface area (TPSA) is 83.5 Å². The molecule has 3 aromatic rings. The van der Waals surface area contributed by atoms with Crippen LogP contribution in [0.2, 0.25) is 5.02 Å². The summed E-state index contributed by atoms with van der Waals surface area (Å²) in [5.41, 5.74) is 2.83. The van der Waals surface area contributed by atoms with Gasteiger partial charge in [-0.1, -0.05) is 66.2 Å². The first kappa shape index (κ1) is 21.6. The van der Waals surface area contributed by atoms with Crippen LogP contribution in [0, 0.1) is 0 Å². The Balaban J connectivity index is 1.82. The molecule has 3 rings (SSSR count). The Kier molecular flexibility index (Phi) is 6.92. The van der Waals surface area contributed by atoms with Gasteiger partial charge < -0.3 is 5.11 Å². The van der Waals surface area contributed by atoms with Crippen LogP contribution in [-0.4, -0.2) is 19.5 Å². The van der Waals surface area contributed by atoms with E-state index in [2.05, 4.69) is 4.72 Å². The third-order valence-corrected chi connectivity index (χ3v) is 5.97. The lowest BCUT2D eigenvalue weighted by Gasteiger charge is -2.12. The molecule has 0 saturated heterocycles. The smallest absolute Gasteiger partial charge is 0.303 e. The maximum Gasteiger partial charge on any atom is 0.303 e. The van der Waals surface area contributed by atoms with Gasteiger partial charge in [0.15, 0.2) is 0 Å². The Bertz CT molecular complexity index is 1160. The van der Waals surface area contributed by atoms with Gasteiger partial charge in [0.2, 0.25) is 0 Å². The normalized spacial score (nSPS) is 11.5. The highest BCUT2D eigenvalue weighted by Gasteiger charge is 2.16. The highest BCUT2D eigenvalue weighted by atomic mass is 35.5. The minimum absolute atomic E-state index is 0.00805. The van der Waals surface area contributed by atoms with Gasteiger partial charge in [0, 0.05) is 11.4 Å². The van der Waals surface area contributed by atoms with Crippen LogP contribution < -0.4 is 4.72 Å². The summed E-state index contributed by atoms with van der Waals surface area (Å²) < 4.78 is 28.3. The Morgan fingerprint density at radius 2 is 1.63 bits per heavy atom. The number of nitrogens with one attached hydrogen (secondary N) is 1. The van der Waals surface area contributed by atoms with Gasteiger partial charge in [-0.15, -0.1) is 0 Å². The average molecular weight is 442 g/mol. The lowest BCUT2D eigenvalue weighted by molar-refractivity contribution is -0.136. The second-order valence-corrected chi connectivity index (χ2v) is 8.68. The number of hydrogen-bond donors (Lipinski definition) is 2. The van der Waals surface area contributed by atoms with Crippen molar-refractivity contribution in [1.29, 1.82) is 0 Å². The number of carboxylic acid groups (broad SMARTS) is 1. The van der Waals surface area contributed by atoms with Gasteiger partial charge in [0.05, 0.1) is 10.6 Å². The van der Waals surface area contributed by atoms with E-state index in [1.54, 1.807) is 54.6 Å². The van der Waals surface area contributed by atoms with Gasteiger partial charge in [-0.05, 0) is 53.4 Å². The maximum absolute atomic E-state index is 12.9. The van der Waals surface area contributed by atoms with Crippen molar-refractivity contribution < 1.29 is 18.3 Å². The van der Waals surface area contributed by atoms with E-state index in [-0.39, 0.29) is 11.3 Å². The second-order valence-electron chi connectivity index (χ2n) is 6.56. The van der Waals surface area contributed by atoms with E-state index in [9.17, 15) is 13.2 Å². The van der Waals surface area contributed by atoms with Gasteiger partial charge >= 0.3 is 5.97 Å². The van der Waals surface area contributed by atoms with Crippen molar-refractivity contribution in [2.24, 2.45) is 0 Å². The standard InChI is InChI=1S/C23H20ClNO4S/c24-20-12-15-22(19(16-20)8-4-5-9-23(26)27)25-30(28,29)21-13-10-18(11-14-21)17-6-2-1-3-7-17/h1-4,6-8,10-16,25H,5,9H2,(H,26,27). The molecule has 7 heteroatoms. The molecule has 0 saturated carbocycles. The maximum atomic E-state index is 12.9. The summed E-state index contributed by atoms with van der Waals surface area (Å²) in [6.45, 7) is 0. The highest BCUT2D eigenvalue weighted by Crippen LogP contribution is 2.26. The number of sulfonamides is 1. The van der Waals surface area contributed by atoms with Crippen molar-refractivity contribution in [2.45, 2.75) is 17.7 Å². The van der Waals surface area contributed by atoms with E-state index in [1.165, 1.54) is 0 Å². The monoisotopic (exact) mass is 441 g/mol. The molecule has 0 atom stereocenters. The first-order valence-corrected chi connectivity index (χ1v) is 11.1. The molecular formula is C23H20ClNO4S. The summed E-state index contributed by atoms with van der Waals surface area (Å²) in [7, 11) is -3.81. The minimum atomic E-state index is -3.81. The molecule has 5 nitrogen and oxygen atoms in total. The van der Waals surface area contributed by atoms with Crippen molar-refractivity contribution in [1.82, 2.24) is 0 Å². The molecule has 0 fully saturated rings. The van der Waals surface area contributed by atoms with Crippen molar-refractivity contribution >= 4 is 39.4 Å². The largest absolute Gasteiger partial charge is 0.481 e. The fraction of sp³-hybridized carbons (Fsp3) is 0.0870. The molecule has 0 aliphatic rings. The summed E-state index contributed by atoms with van der Waals surface area (Å²) in [6.07, 6.45) is 3.65. The molecule has 0 aromatic heterocycles. The van der Waals surface area contributed by atoms with Crippen LogP contribution in [0.3, 0.4) is 0 Å². The molecule has 2 N–H and O–H groups in total. The lowest BCUT2D eigenvalue weighted by Crippen LogP contribution is -2.13. The fourth-order valence-corrected chi connectivity index (χ4v) is 4.11. The summed E-state index contributed by atoms with van der Waals surface area (Å²) in [5.74, 6) is -0.898. The summed E-state index contributed by atoms with van der Waals surface area (Å²) in [4.78, 5) is 10.8. The quantitative estimate of drug-likeness (QED) is 0.470. The highest BCUT2D eigenvalue weighted by molar-refractivity contribution is 7.92. The number of carboxylic acids is 1. The molecule has 0 aliphatic heterocycles. The SMILES string of the molecule is O=C(O)CCC=Cc1cc(Cl)ccc1NS(=O)(=O)c1ccc(-c2ccccc2)cc1. The van der Waals surface area contributed by atoms with E-state index in [4.69, 9.17) is 16.7 Å². The number of carbonyl (C=O) groups is 1. The van der Waals surface area contributed by atoms with Crippen LogP contribution in [0.5, 0.6) is 0 Å². The average Bonchev–Trinajstić information content (AvgIpc) is 2.73. The summed E-state index contributed by atoms with van der Waals surface area (Å²) in [5, 5.41) is 9.18. The molecule has 30 heavy (non-hydrogen) atoms. The molecule has 0 radical (unpaired) electrons. The van der Waals surface area contributed by atoms with Crippen molar-refractivity contribution in [3.63, 3.8) is 0 Å². The molecule has 0 heterocycles. The molecule has 0 amide bonds. The van der Waals surface area contributed by atoms with E-state index in [1.807, 2.05) is 30.3 Å². The van der Waals surface area contributed by atoms with Gasteiger partial charge in [0.25, 0.3) is 10.0 Å². The summed E-state index contributed by atoms with van der Waals surface area (Å²) >= 11 is 6.04. The van der Waals surface area contributed by atoms with Crippen LogP contribution in [0.1, 0.15) is 18.4 Å². The second kappa shape index (κ2) is 9.61. The fourth-order valence-electron chi connectivity index (χ4n) is 2.84. The Morgan fingerprint density at radius 3 is 2.30 bits per heavy atom. The number of hydrogen-bond acceptors (Lipinski definition) is 3. The van der Waals surface area contributed by atoms with Gasteiger partial charge in [-0.3, -0.25) is 9.52 Å². The van der Waals surface area contributed by atoms with Crippen molar-refractivity contribution in [3.05, 3.63) is 89.5 Å². The third kappa shape index (κ3) is 5.72. The van der Waals surface area contributed by atoms with Crippen molar-refractivity contribution in [2.75, 3.05) is 4.72 Å². The molecule has 0 bridgehead atoms. The van der Waals surface area contributed by atoms with E-state index >= 15 is 0 Å². The molecule has 3 aromatic carbocycles. The zero-order valence-corrected chi connectivity index (χ0v) is 17.5. The van der Waals surface area contributed by atoms with Crippen LogP contribution in [-0.2, 0) is 14.8 Å². The number of allylic oxidation sites excluding steroid dienone is 1. The number of rotatable bonds is 8. The van der Waals surface area contributed by atoms with Gasteiger partial charge in [-0.2, -0.15) is 0 Å². The Labute approximate surface area is 180 Å². The number of aliphatic carboxylic acids is 1. The predicted octanol–water partition coefficient (Wildman–Crippen LogP) is 5.69. The van der Waals surface area contributed by atoms with Crippen LogP contribution in [0.4, 0.5) is 5.69 Å². The third-order valence-electron chi connectivity index (χ3n) is 4.35. The van der Waals surface area contributed by atoms with E-state index in [0.29, 0.717) is 22.7 Å². The number of halogens is 1. The van der Waals surface area contributed by atoms with Crippen molar-refractivity contribution in [3.8, 4) is 11.1 Å². The minimum Gasteiger partial charge on any atom is -0.481 e. The predicted molar refractivity (Wildman–Crippen MR) is 120 cm³/mol. The van der Waals surface area contributed by atoms with Crippen LogP contribution in [0.25, 0.3) is 17.2 Å². The molecule has 0 unspecified atom stereocenters. The number of benzene rings is 3. The molecule has 154 valence electrons. The zero-order chi connectivity index (χ0) is 21.6. The van der Waals surface area contributed by atoms with E-state index < -0.39 is 16.0 Å². The Morgan fingerprint density at radius 1 is 0.967 bits per heavy atom. The molecule has 0 aliphatic carbocycles. The zero-order valence-electron chi connectivity index (χ0n) is 16.0. The van der Waals surface area contributed by atoms with Crippen LogP contribution in [0.15, 0.2) is 83.8 Å². The lowest BCUT2D eigenvalue weighted by atomic mass is 10.1. The first-order valence-electron chi connectivity index (χ1n) is 9.21. The van der Waals surface area contributed by atoms with Gasteiger partial charge in [0.1, 0.15) is 0 Å². The molecular weight excluding hydrogens is 422 g/mol. The first-order chi connectivity index (χ1) is 14.3. The Hall–Kier alpha value is -3.09. The van der Waals surface area contributed by atoms with Crippen LogP contribution >= 0.6 is 11.6 Å². The number of anilines is 1. The van der Waals surface area contributed by atoms with E-state index in [0.717, 1.165) is 11.1 Å².